The highest BCUT2D eigenvalue weighted by molar-refractivity contribution is 6.05. The summed E-state index contributed by atoms with van der Waals surface area (Å²) in [4.78, 5) is 17.8. The van der Waals surface area contributed by atoms with Gasteiger partial charge in [-0.15, -0.1) is 0 Å². The van der Waals surface area contributed by atoms with Gasteiger partial charge in [-0.2, -0.15) is 0 Å². The lowest BCUT2D eigenvalue weighted by Gasteiger charge is -2.19. The maximum absolute atomic E-state index is 12.3. The lowest BCUT2D eigenvalue weighted by molar-refractivity contribution is 0.0993. The number of carbonyl (C=O) groups excluding carboxylic acids is 1. The maximum Gasteiger partial charge on any atom is 0.258 e. The van der Waals surface area contributed by atoms with Crippen LogP contribution in [0, 0.1) is 0 Å². The molecule has 0 bridgehead atoms. The standard InChI is InChI=1S/C15H16N2O3/c1-17(15(18)11-6-8-16-9-7-11)12-4-5-13(19-2)14(10-12)20-3/h4-10H,1-3H3. The molecule has 1 aromatic carbocycles. The Bertz CT molecular complexity index is 599. The first-order valence-corrected chi connectivity index (χ1v) is 6.07. The van der Waals surface area contributed by atoms with Crippen LogP contribution in [0.4, 0.5) is 5.69 Å². The van der Waals surface area contributed by atoms with Crippen LogP contribution in [-0.4, -0.2) is 32.2 Å². The summed E-state index contributed by atoms with van der Waals surface area (Å²) in [6.07, 6.45) is 3.19. The third kappa shape index (κ3) is 2.71. The van der Waals surface area contributed by atoms with Crippen molar-refractivity contribution in [2.75, 3.05) is 26.2 Å². The summed E-state index contributed by atoms with van der Waals surface area (Å²) in [7, 11) is 4.85. The molecule has 0 N–H and O–H groups in total. The van der Waals surface area contributed by atoms with Crippen molar-refractivity contribution in [2.24, 2.45) is 0 Å². The van der Waals surface area contributed by atoms with E-state index < -0.39 is 0 Å². The fraction of sp³-hybridized carbons (Fsp3) is 0.200. The molecule has 1 heterocycles. The SMILES string of the molecule is COc1ccc(N(C)C(=O)c2ccncc2)cc1OC. The Morgan fingerprint density at radius 2 is 1.70 bits per heavy atom. The van der Waals surface area contributed by atoms with Crippen molar-refractivity contribution in [2.45, 2.75) is 0 Å². The third-order valence-electron chi connectivity index (χ3n) is 2.99. The molecule has 0 aliphatic heterocycles. The minimum absolute atomic E-state index is 0.111. The highest BCUT2D eigenvalue weighted by Gasteiger charge is 2.15. The summed E-state index contributed by atoms with van der Waals surface area (Å²) in [6, 6.07) is 8.70. The minimum Gasteiger partial charge on any atom is -0.493 e. The van der Waals surface area contributed by atoms with Crippen molar-refractivity contribution in [3.8, 4) is 11.5 Å². The molecule has 0 saturated heterocycles. The van der Waals surface area contributed by atoms with Crippen molar-refractivity contribution >= 4 is 11.6 Å². The number of anilines is 1. The van der Waals surface area contributed by atoms with E-state index in [1.807, 2.05) is 0 Å². The summed E-state index contributed by atoms with van der Waals surface area (Å²) in [6.45, 7) is 0. The van der Waals surface area contributed by atoms with Gasteiger partial charge in [0.2, 0.25) is 0 Å². The first kappa shape index (κ1) is 13.9. The van der Waals surface area contributed by atoms with E-state index in [9.17, 15) is 4.79 Å². The number of rotatable bonds is 4. The molecule has 20 heavy (non-hydrogen) atoms. The average molecular weight is 272 g/mol. The Kier molecular flexibility index (Phi) is 4.20. The second kappa shape index (κ2) is 6.06. The van der Waals surface area contributed by atoms with Crippen LogP contribution in [0.25, 0.3) is 0 Å². The molecule has 1 amide bonds. The van der Waals surface area contributed by atoms with Gasteiger partial charge in [-0.1, -0.05) is 0 Å². The Hall–Kier alpha value is -2.56. The van der Waals surface area contributed by atoms with Gasteiger partial charge in [-0.25, -0.2) is 0 Å². The zero-order valence-corrected chi connectivity index (χ0v) is 11.7. The number of benzene rings is 1. The number of pyridine rings is 1. The van der Waals surface area contributed by atoms with E-state index in [1.165, 1.54) is 0 Å². The van der Waals surface area contributed by atoms with Gasteiger partial charge in [0.25, 0.3) is 5.91 Å². The van der Waals surface area contributed by atoms with E-state index in [-0.39, 0.29) is 5.91 Å². The van der Waals surface area contributed by atoms with Gasteiger partial charge >= 0.3 is 0 Å². The number of carbonyl (C=O) groups is 1. The number of hydrogen-bond donors (Lipinski definition) is 0. The topological polar surface area (TPSA) is 51.7 Å². The number of nitrogens with zero attached hydrogens (tertiary/aromatic N) is 2. The van der Waals surface area contributed by atoms with Gasteiger partial charge in [0, 0.05) is 36.8 Å². The molecule has 0 aliphatic carbocycles. The predicted molar refractivity (Wildman–Crippen MR) is 76.5 cm³/mol. The van der Waals surface area contributed by atoms with Gasteiger partial charge in [-0.3, -0.25) is 9.78 Å². The summed E-state index contributed by atoms with van der Waals surface area (Å²) in [5, 5.41) is 0. The molecule has 0 fully saturated rings. The van der Waals surface area contributed by atoms with E-state index in [0.29, 0.717) is 17.1 Å². The normalized spacial score (nSPS) is 9.95. The molecule has 0 radical (unpaired) electrons. The Balaban J connectivity index is 2.29. The molecule has 1 aromatic heterocycles. The van der Waals surface area contributed by atoms with Crippen molar-refractivity contribution in [3.63, 3.8) is 0 Å². The number of ether oxygens (including phenoxy) is 2. The van der Waals surface area contributed by atoms with Crippen LogP contribution in [0.3, 0.4) is 0 Å². The largest absolute Gasteiger partial charge is 0.493 e. The highest BCUT2D eigenvalue weighted by Crippen LogP contribution is 2.31. The smallest absolute Gasteiger partial charge is 0.258 e. The summed E-state index contributed by atoms with van der Waals surface area (Å²) < 4.78 is 10.4. The maximum atomic E-state index is 12.3. The predicted octanol–water partition coefficient (Wildman–Crippen LogP) is 2.38. The number of hydrogen-bond acceptors (Lipinski definition) is 4. The molecule has 2 rings (SSSR count). The molecule has 104 valence electrons. The molecule has 5 heteroatoms. The van der Waals surface area contributed by atoms with E-state index in [0.717, 1.165) is 5.69 Å². The Morgan fingerprint density at radius 3 is 2.30 bits per heavy atom. The van der Waals surface area contributed by atoms with Crippen molar-refractivity contribution in [3.05, 3.63) is 48.3 Å². The number of amides is 1. The van der Waals surface area contributed by atoms with Gasteiger partial charge in [0.15, 0.2) is 11.5 Å². The molecular weight excluding hydrogens is 256 g/mol. The second-order valence-electron chi connectivity index (χ2n) is 4.14. The number of methoxy groups -OCH3 is 2. The zero-order valence-electron chi connectivity index (χ0n) is 11.7. The molecule has 0 unspecified atom stereocenters. The second-order valence-corrected chi connectivity index (χ2v) is 4.14. The number of aromatic nitrogens is 1. The average Bonchev–Trinajstić information content (AvgIpc) is 2.53. The van der Waals surface area contributed by atoms with Crippen molar-refractivity contribution < 1.29 is 14.3 Å². The quantitative estimate of drug-likeness (QED) is 0.857. The molecule has 0 saturated carbocycles. The fourth-order valence-electron chi connectivity index (χ4n) is 1.84. The van der Waals surface area contributed by atoms with Crippen LogP contribution in [0.5, 0.6) is 11.5 Å². The zero-order chi connectivity index (χ0) is 14.5. The fourth-order valence-corrected chi connectivity index (χ4v) is 1.84. The first-order chi connectivity index (χ1) is 9.67. The van der Waals surface area contributed by atoms with Gasteiger partial charge in [0.1, 0.15) is 0 Å². The van der Waals surface area contributed by atoms with E-state index in [2.05, 4.69) is 4.98 Å². The highest BCUT2D eigenvalue weighted by atomic mass is 16.5. The van der Waals surface area contributed by atoms with E-state index in [4.69, 9.17) is 9.47 Å². The Morgan fingerprint density at radius 1 is 1.05 bits per heavy atom. The third-order valence-corrected chi connectivity index (χ3v) is 2.99. The molecule has 5 nitrogen and oxygen atoms in total. The summed E-state index contributed by atoms with van der Waals surface area (Å²) in [5.41, 5.74) is 1.31. The first-order valence-electron chi connectivity index (χ1n) is 6.07. The molecular formula is C15H16N2O3. The summed E-state index contributed by atoms with van der Waals surface area (Å²) in [5.74, 6) is 1.10. The van der Waals surface area contributed by atoms with Crippen LogP contribution >= 0.6 is 0 Å². The molecule has 0 spiro atoms. The molecule has 2 aromatic rings. The monoisotopic (exact) mass is 272 g/mol. The lowest BCUT2D eigenvalue weighted by Crippen LogP contribution is -2.26. The van der Waals surface area contributed by atoms with Crippen molar-refractivity contribution in [1.29, 1.82) is 0 Å². The lowest BCUT2D eigenvalue weighted by atomic mass is 10.2. The van der Waals surface area contributed by atoms with Crippen LogP contribution < -0.4 is 14.4 Å². The van der Waals surface area contributed by atoms with Crippen LogP contribution in [0.15, 0.2) is 42.7 Å². The minimum atomic E-state index is -0.111. The van der Waals surface area contributed by atoms with Gasteiger partial charge in [0.05, 0.1) is 14.2 Å². The molecule has 0 aliphatic rings. The van der Waals surface area contributed by atoms with E-state index in [1.54, 1.807) is 68.9 Å². The van der Waals surface area contributed by atoms with E-state index >= 15 is 0 Å². The van der Waals surface area contributed by atoms with Crippen LogP contribution in [0.1, 0.15) is 10.4 Å². The van der Waals surface area contributed by atoms with Crippen LogP contribution in [0.2, 0.25) is 0 Å². The van der Waals surface area contributed by atoms with Crippen molar-refractivity contribution in [1.82, 2.24) is 4.98 Å². The van der Waals surface area contributed by atoms with Gasteiger partial charge in [-0.05, 0) is 24.3 Å². The van der Waals surface area contributed by atoms with Gasteiger partial charge < -0.3 is 14.4 Å². The van der Waals surface area contributed by atoms with Crippen LogP contribution in [-0.2, 0) is 0 Å². The Labute approximate surface area is 117 Å². The summed E-state index contributed by atoms with van der Waals surface area (Å²) >= 11 is 0. The molecule has 0 atom stereocenters.